The van der Waals surface area contributed by atoms with Gasteiger partial charge in [0.15, 0.2) is 5.69 Å². The molecule has 2 aromatic carbocycles. The number of likely N-dealkylation sites (tertiary alicyclic amines) is 1. The van der Waals surface area contributed by atoms with Gasteiger partial charge in [0.05, 0.1) is 17.1 Å². The number of hydrogen-bond donors (Lipinski definition) is 2. The number of aromatic nitrogens is 3. The molecule has 32 heavy (non-hydrogen) atoms. The molecular weight excluding hydrogens is 400 g/mol. The molecule has 0 saturated carbocycles. The Morgan fingerprint density at radius 1 is 1.06 bits per heavy atom. The summed E-state index contributed by atoms with van der Waals surface area (Å²) in [5.74, 6) is -0.306. The average molecular weight is 422 g/mol. The predicted octanol–water partition coefficient (Wildman–Crippen LogP) is 4.34. The van der Waals surface area contributed by atoms with Crippen LogP contribution in [0.5, 0.6) is 0 Å². The molecule has 0 atom stereocenters. The fraction of sp³-hybridized carbons (Fsp3) is 0.200. The fourth-order valence-electron chi connectivity index (χ4n) is 4.12. The Morgan fingerprint density at radius 2 is 1.88 bits per heavy atom. The van der Waals surface area contributed by atoms with Gasteiger partial charge in [0.25, 0.3) is 5.91 Å². The Morgan fingerprint density at radius 3 is 2.66 bits per heavy atom. The van der Waals surface area contributed by atoms with Crippen LogP contribution in [-0.4, -0.2) is 39.1 Å². The lowest BCUT2D eigenvalue weighted by molar-refractivity contribution is 0.102. The minimum Gasteiger partial charge on any atom is -0.321 e. The van der Waals surface area contributed by atoms with Gasteiger partial charge < -0.3 is 5.32 Å². The van der Waals surface area contributed by atoms with E-state index in [1.165, 1.54) is 18.4 Å². The molecule has 1 aliphatic heterocycles. The molecular formula is C25H22N6O. The third kappa shape index (κ3) is 4.09. The molecule has 5 rings (SSSR count). The standard InChI is InChI=1S/C25H22N6O/c26-13-17-3-6-21(7-4-17)28-25(32)24-22-12-19(5-8-23(22)29-30-24)20-11-18(14-27-15-20)16-31-9-1-2-10-31/h3-8,11-12,14-15H,1-2,9-10,16H2,(H,28,32)(H,29,30). The van der Waals surface area contributed by atoms with Crippen molar-refractivity contribution in [3.05, 3.63) is 77.7 Å². The van der Waals surface area contributed by atoms with Crippen LogP contribution in [0, 0.1) is 11.3 Å². The number of aromatic amines is 1. The number of benzene rings is 2. The second-order valence-electron chi connectivity index (χ2n) is 8.04. The highest BCUT2D eigenvalue weighted by Gasteiger charge is 2.16. The Hall–Kier alpha value is -4.02. The van der Waals surface area contributed by atoms with Gasteiger partial charge in [-0.15, -0.1) is 0 Å². The molecule has 7 nitrogen and oxygen atoms in total. The first-order valence-electron chi connectivity index (χ1n) is 10.7. The van der Waals surface area contributed by atoms with Gasteiger partial charge in [-0.3, -0.25) is 19.8 Å². The van der Waals surface area contributed by atoms with Crippen LogP contribution in [0.4, 0.5) is 5.69 Å². The van der Waals surface area contributed by atoms with Crippen LogP contribution >= 0.6 is 0 Å². The van der Waals surface area contributed by atoms with Gasteiger partial charge in [-0.1, -0.05) is 6.07 Å². The third-order valence-electron chi connectivity index (χ3n) is 5.78. The van der Waals surface area contributed by atoms with Gasteiger partial charge in [0.1, 0.15) is 0 Å². The summed E-state index contributed by atoms with van der Waals surface area (Å²) in [6.45, 7) is 3.19. The third-order valence-corrected chi connectivity index (χ3v) is 5.78. The zero-order chi connectivity index (χ0) is 21.9. The van der Waals surface area contributed by atoms with Crippen LogP contribution in [0.3, 0.4) is 0 Å². The average Bonchev–Trinajstić information content (AvgIpc) is 3.49. The second-order valence-corrected chi connectivity index (χ2v) is 8.04. The van der Waals surface area contributed by atoms with E-state index in [1.807, 2.05) is 30.6 Å². The number of H-pyrrole nitrogens is 1. The summed E-state index contributed by atoms with van der Waals surface area (Å²) in [4.78, 5) is 19.8. The summed E-state index contributed by atoms with van der Waals surface area (Å²) < 4.78 is 0. The Kier molecular flexibility index (Phi) is 5.36. The van der Waals surface area contributed by atoms with E-state index in [2.05, 4.69) is 37.5 Å². The molecule has 7 heteroatoms. The van der Waals surface area contributed by atoms with Crippen molar-refractivity contribution in [2.75, 3.05) is 18.4 Å². The van der Waals surface area contributed by atoms with Crippen LogP contribution < -0.4 is 5.32 Å². The molecule has 1 amide bonds. The quantitative estimate of drug-likeness (QED) is 0.498. The first-order chi connectivity index (χ1) is 15.7. The molecule has 1 saturated heterocycles. The molecule has 0 aliphatic carbocycles. The van der Waals surface area contributed by atoms with E-state index >= 15 is 0 Å². The number of hydrogen-bond acceptors (Lipinski definition) is 5. The second kappa shape index (κ2) is 8.61. The molecule has 2 N–H and O–H groups in total. The number of nitriles is 1. The van der Waals surface area contributed by atoms with Crippen molar-refractivity contribution in [3.63, 3.8) is 0 Å². The van der Waals surface area contributed by atoms with Gasteiger partial charge in [0.2, 0.25) is 0 Å². The first kappa shape index (κ1) is 19.9. The first-order valence-corrected chi connectivity index (χ1v) is 10.7. The van der Waals surface area contributed by atoms with E-state index in [4.69, 9.17) is 5.26 Å². The van der Waals surface area contributed by atoms with E-state index in [1.54, 1.807) is 24.3 Å². The molecule has 4 aromatic rings. The number of anilines is 1. The maximum Gasteiger partial charge on any atom is 0.276 e. The zero-order valence-corrected chi connectivity index (χ0v) is 17.5. The van der Waals surface area contributed by atoms with E-state index in [0.29, 0.717) is 16.9 Å². The highest BCUT2D eigenvalue weighted by atomic mass is 16.1. The summed E-state index contributed by atoms with van der Waals surface area (Å²) in [6.07, 6.45) is 6.30. The maximum absolute atomic E-state index is 12.9. The van der Waals surface area contributed by atoms with Crippen LogP contribution in [-0.2, 0) is 6.54 Å². The molecule has 158 valence electrons. The topological polar surface area (TPSA) is 97.7 Å². The van der Waals surface area contributed by atoms with E-state index < -0.39 is 0 Å². The van der Waals surface area contributed by atoms with Crippen LogP contribution in [0.2, 0.25) is 0 Å². The minimum absolute atomic E-state index is 0.306. The molecule has 0 bridgehead atoms. The largest absolute Gasteiger partial charge is 0.321 e. The van der Waals surface area contributed by atoms with E-state index in [0.717, 1.165) is 41.7 Å². The molecule has 3 heterocycles. The summed E-state index contributed by atoms with van der Waals surface area (Å²) in [5.41, 5.74) is 5.46. The number of rotatable bonds is 5. The lowest BCUT2D eigenvalue weighted by atomic mass is 10.0. The van der Waals surface area contributed by atoms with Crippen molar-refractivity contribution in [2.24, 2.45) is 0 Å². The maximum atomic E-state index is 12.9. The zero-order valence-electron chi connectivity index (χ0n) is 17.5. The molecule has 0 radical (unpaired) electrons. The fourth-order valence-corrected chi connectivity index (χ4v) is 4.12. The highest BCUT2D eigenvalue weighted by molar-refractivity contribution is 6.11. The Balaban J connectivity index is 1.41. The number of nitrogens with one attached hydrogen (secondary N) is 2. The van der Waals surface area contributed by atoms with Crippen molar-refractivity contribution in [2.45, 2.75) is 19.4 Å². The minimum atomic E-state index is -0.306. The van der Waals surface area contributed by atoms with Crippen molar-refractivity contribution in [1.29, 1.82) is 5.26 Å². The van der Waals surface area contributed by atoms with Crippen molar-refractivity contribution < 1.29 is 4.79 Å². The highest BCUT2D eigenvalue weighted by Crippen LogP contribution is 2.26. The lowest BCUT2D eigenvalue weighted by Gasteiger charge is -2.14. The monoisotopic (exact) mass is 422 g/mol. The van der Waals surface area contributed by atoms with Gasteiger partial charge in [-0.2, -0.15) is 10.4 Å². The van der Waals surface area contributed by atoms with Crippen molar-refractivity contribution >= 4 is 22.5 Å². The summed E-state index contributed by atoms with van der Waals surface area (Å²) in [5, 5.41) is 19.7. The smallest absolute Gasteiger partial charge is 0.276 e. The molecule has 2 aromatic heterocycles. The molecule has 1 fully saturated rings. The predicted molar refractivity (Wildman–Crippen MR) is 123 cm³/mol. The number of carbonyl (C=O) groups is 1. The summed E-state index contributed by atoms with van der Waals surface area (Å²) in [6, 6.07) is 16.9. The van der Waals surface area contributed by atoms with E-state index in [-0.39, 0.29) is 5.91 Å². The molecule has 1 aliphatic rings. The van der Waals surface area contributed by atoms with Crippen LogP contribution in [0.15, 0.2) is 60.9 Å². The van der Waals surface area contributed by atoms with Crippen molar-refractivity contribution in [1.82, 2.24) is 20.1 Å². The SMILES string of the molecule is N#Cc1ccc(NC(=O)c2n[nH]c3ccc(-c4cncc(CN5CCCC5)c4)cc23)cc1. The van der Waals surface area contributed by atoms with Crippen LogP contribution in [0.1, 0.15) is 34.5 Å². The van der Waals surface area contributed by atoms with Gasteiger partial charge in [0, 0.05) is 35.6 Å². The van der Waals surface area contributed by atoms with Crippen LogP contribution in [0.25, 0.3) is 22.0 Å². The lowest BCUT2D eigenvalue weighted by Crippen LogP contribution is -2.18. The molecule has 0 spiro atoms. The summed E-state index contributed by atoms with van der Waals surface area (Å²) >= 11 is 0. The Bertz CT molecular complexity index is 1310. The summed E-state index contributed by atoms with van der Waals surface area (Å²) in [7, 11) is 0. The number of carbonyl (C=O) groups excluding carboxylic acids is 1. The van der Waals surface area contributed by atoms with Gasteiger partial charge in [-0.25, -0.2) is 0 Å². The molecule has 0 unspecified atom stereocenters. The number of fused-ring (bicyclic) bond motifs is 1. The van der Waals surface area contributed by atoms with E-state index in [9.17, 15) is 4.79 Å². The van der Waals surface area contributed by atoms with Crippen molar-refractivity contribution in [3.8, 4) is 17.2 Å². The number of nitrogens with zero attached hydrogens (tertiary/aromatic N) is 4. The Labute approximate surface area is 185 Å². The number of amides is 1. The normalized spacial score (nSPS) is 13.8. The van der Waals surface area contributed by atoms with Gasteiger partial charge >= 0.3 is 0 Å². The van der Waals surface area contributed by atoms with Gasteiger partial charge in [-0.05, 0) is 79.5 Å². The number of pyridine rings is 1.